The molecule has 52 heavy (non-hydrogen) atoms. The average molecular weight is 691 g/mol. The zero-order chi connectivity index (χ0) is 36.0. The van der Waals surface area contributed by atoms with Gasteiger partial charge >= 0.3 is 0 Å². The van der Waals surface area contributed by atoms with Crippen molar-refractivity contribution in [3.8, 4) is 11.1 Å². The maximum Gasteiger partial charge on any atom is 0.251 e. The third-order valence-electron chi connectivity index (χ3n) is 10.4. The Balaban J connectivity index is 1.09. The number of fused-ring (bicyclic) bond motifs is 1. The molecule has 5 atom stereocenters. The van der Waals surface area contributed by atoms with Gasteiger partial charge in [-0.25, -0.2) is 0 Å². The van der Waals surface area contributed by atoms with Crippen LogP contribution in [-0.2, 0) is 22.6 Å². The van der Waals surface area contributed by atoms with Crippen molar-refractivity contribution in [3.63, 3.8) is 0 Å². The molecule has 1 fully saturated rings. The van der Waals surface area contributed by atoms with Crippen LogP contribution >= 0.6 is 0 Å². The fourth-order valence-electron chi connectivity index (χ4n) is 7.06. The van der Waals surface area contributed by atoms with Gasteiger partial charge in [0.05, 0.1) is 18.8 Å². The molecular weight excluding hydrogens is 645 g/mol. The second kappa shape index (κ2) is 16.1. The molecule has 6 heteroatoms. The summed E-state index contributed by atoms with van der Waals surface area (Å²) in [5, 5.41) is 15.2. The van der Waals surface area contributed by atoms with Crippen LogP contribution in [0.15, 0.2) is 146 Å². The van der Waals surface area contributed by atoms with Gasteiger partial charge in [-0.05, 0) is 82.4 Å². The number of carbonyl (C=O) groups is 1. The van der Waals surface area contributed by atoms with Crippen molar-refractivity contribution in [2.75, 3.05) is 13.6 Å². The van der Waals surface area contributed by atoms with E-state index in [1.54, 1.807) is 0 Å². The number of aliphatic hydroxyl groups excluding tert-OH is 1. The molecule has 0 bridgehead atoms. The Morgan fingerprint density at radius 2 is 1.44 bits per heavy atom. The Labute approximate surface area is 306 Å². The first-order valence-corrected chi connectivity index (χ1v) is 18.1. The summed E-state index contributed by atoms with van der Waals surface area (Å²) in [6.45, 7) is 5.63. The minimum Gasteiger partial charge on any atom is -0.392 e. The molecule has 1 amide bonds. The molecule has 0 radical (unpaired) electrons. The van der Waals surface area contributed by atoms with Crippen LogP contribution in [-0.4, -0.2) is 35.6 Å². The summed E-state index contributed by atoms with van der Waals surface area (Å²) >= 11 is 0. The monoisotopic (exact) mass is 690 g/mol. The molecule has 0 aliphatic carbocycles. The number of rotatable bonds is 11. The van der Waals surface area contributed by atoms with Gasteiger partial charge in [0.1, 0.15) is 0 Å². The van der Waals surface area contributed by atoms with E-state index in [4.69, 9.17) is 9.47 Å². The number of hydrogen-bond donors (Lipinski definition) is 2. The number of aliphatic hydroxyl groups is 1. The molecular formula is C46H46N2O4. The minimum absolute atomic E-state index is 0.00472. The van der Waals surface area contributed by atoms with Crippen LogP contribution in [0.2, 0.25) is 0 Å². The van der Waals surface area contributed by atoms with E-state index in [1.807, 2.05) is 54.6 Å². The third-order valence-corrected chi connectivity index (χ3v) is 10.4. The van der Waals surface area contributed by atoms with Gasteiger partial charge in [0, 0.05) is 36.2 Å². The van der Waals surface area contributed by atoms with Crippen LogP contribution in [0.4, 0.5) is 0 Å². The van der Waals surface area contributed by atoms with Crippen LogP contribution in [0.1, 0.15) is 70.5 Å². The lowest BCUT2D eigenvalue weighted by atomic mass is 9.89. The quantitative estimate of drug-likeness (QED) is 0.142. The summed E-state index contributed by atoms with van der Waals surface area (Å²) in [4.78, 5) is 15.0. The van der Waals surface area contributed by atoms with Crippen LogP contribution in [0.25, 0.3) is 21.9 Å². The van der Waals surface area contributed by atoms with Gasteiger partial charge in [-0.15, -0.1) is 0 Å². The lowest BCUT2D eigenvalue weighted by molar-refractivity contribution is -0.276. The largest absolute Gasteiger partial charge is 0.392 e. The van der Waals surface area contributed by atoms with Gasteiger partial charge in [-0.2, -0.15) is 0 Å². The Morgan fingerprint density at radius 3 is 2.19 bits per heavy atom. The van der Waals surface area contributed by atoms with E-state index in [1.165, 1.54) is 16.3 Å². The van der Waals surface area contributed by atoms with Crippen LogP contribution < -0.4 is 5.32 Å². The predicted molar refractivity (Wildman–Crippen MR) is 207 cm³/mol. The highest BCUT2D eigenvalue weighted by Crippen LogP contribution is 2.42. The van der Waals surface area contributed by atoms with E-state index in [0.717, 1.165) is 39.9 Å². The molecule has 0 saturated carbocycles. The van der Waals surface area contributed by atoms with Gasteiger partial charge in [0.2, 0.25) is 0 Å². The Bertz CT molecular complexity index is 2100. The fraction of sp³-hybridized carbons (Fsp3) is 0.239. The van der Waals surface area contributed by atoms with E-state index in [0.29, 0.717) is 12.1 Å². The number of likely N-dealkylation sites (N-methyl/N-ethyl adjacent to an activating group) is 1. The highest BCUT2D eigenvalue weighted by atomic mass is 16.7. The smallest absolute Gasteiger partial charge is 0.251 e. The van der Waals surface area contributed by atoms with Crippen LogP contribution in [0.5, 0.6) is 0 Å². The number of ether oxygens (including phenoxy) is 2. The van der Waals surface area contributed by atoms with Gasteiger partial charge < -0.3 is 19.9 Å². The molecule has 6 aromatic rings. The van der Waals surface area contributed by atoms with Crippen molar-refractivity contribution in [1.82, 2.24) is 10.2 Å². The Hall–Kier alpha value is -5.11. The molecule has 1 aliphatic heterocycles. The van der Waals surface area contributed by atoms with Crippen molar-refractivity contribution in [3.05, 3.63) is 179 Å². The molecule has 1 saturated heterocycles. The Morgan fingerprint density at radius 1 is 0.731 bits per heavy atom. The van der Waals surface area contributed by atoms with Crippen molar-refractivity contribution < 1.29 is 19.4 Å². The first kappa shape index (κ1) is 35.3. The minimum atomic E-state index is -0.554. The molecule has 264 valence electrons. The number of nitrogens with zero attached hydrogens (tertiary/aromatic N) is 1. The predicted octanol–water partition coefficient (Wildman–Crippen LogP) is 9.41. The summed E-state index contributed by atoms with van der Waals surface area (Å²) in [6, 6.07) is 49.3. The van der Waals surface area contributed by atoms with Crippen molar-refractivity contribution in [2.24, 2.45) is 5.92 Å². The topological polar surface area (TPSA) is 71.0 Å². The summed E-state index contributed by atoms with van der Waals surface area (Å²) in [6.07, 6.45) is -0.846. The molecule has 0 spiro atoms. The summed E-state index contributed by atoms with van der Waals surface area (Å²) < 4.78 is 13.6. The first-order valence-electron chi connectivity index (χ1n) is 18.1. The first-order chi connectivity index (χ1) is 25.4. The zero-order valence-corrected chi connectivity index (χ0v) is 30.0. The van der Waals surface area contributed by atoms with Gasteiger partial charge in [-0.1, -0.05) is 128 Å². The standard InChI is InChI=1S/C46H46N2O4/c1-31-43(29-48(3)32(2)40-25-22-35-11-7-8-14-42(35)27-40)51-46(52-44(31)37-18-16-33(30-49)17-19-37)39-23-20-36(21-24-39)41-15-9-10-34(26-41)28-47-45(50)38-12-5-4-6-13-38/h4-27,31-32,43-44,46,49H,28-30H2,1-3H3,(H,47,50). The van der Waals surface area contributed by atoms with Gasteiger partial charge in [-0.3, -0.25) is 9.69 Å². The molecule has 7 rings (SSSR count). The van der Waals surface area contributed by atoms with Crippen LogP contribution in [0, 0.1) is 5.92 Å². The molecule has 6 nitrogen and oxygen atoms in total. The highest BCUT2D eigenvalue weighted by molar-refractivity contribution is 5.94. The molecule has 1 aliphatic rings. The van der Waals surface area contributed by atoms with Crippen LogP contribution in [0.3, 0.4) is 0 Å². The van der Waals surface area contributed by atoms with Crippen molar-refractivity contribution in [2.45, 2.75) is 51.5 Å². The lowest BCUT2D eigenvalue weighted by Gasteiger charge is -2.43. The molecule has 6 aromatic carbocycles. The molecule has 5 unspecified atom stereocenters. The number of benzene rings is 6. The summed E-state index contributed by atoms with van der Waals surface area (Å²) in [7, 11) is 2.17. The summed E-state index contributed by atoms with van der Waals surface area (Å²) in [5.41, 5.74) is 7.98. The number of nitrogens with one attached hydrogen (secondary N) is 1. The fourth-order valence-corrected chi connectivity index (χ4v) is 7.06. The van der Waals surface area contributed by atoms with E-state index >= 15 is 0 Å². The number of hydrogen-bond acceptors (Lipinski definition) is 5. The lowest BCUT2D eigenvalue weighted by Crippen LogP contribution is -2.44. The number of carbonyl (C=O) groups excluding carboxylic acids is 1. The molecule has 2 N–H and O–H groups in total. The van der Waals surface area contributed by atoms with Crippen molar-refractivity contribution >= 4 is 16.7 Å². The Kier molecular flexibility index (Phi) is 10.9. The third kappa shape index (κ3) is 8.01. The maximum absolute atomic E-state index is 12.6. The van der Waals surface area contributed by atoms with Gasteiger partial charge in [0.25, 0.3) is 5.91 Å². The van der Waals surface area contributed by atoms with E-state index in [9.17, 15) is 9.90 Å². The zero-order valence-electron chi connectivity index (χ0n) is 30.0. The second-order valence-corrected chi connectivity index (χ2v) is 13.9. The van der Waals surface area contributed by atoms with Gasteiger partial charge in [0.15, 0.2) is 6.29 Å². The normalized spacial score (nSPS) is 19.4. The highest BCUT2D eigenvalue weighted by Gasteiger charge is 2.39. The van der Waals surface area contributed by atoms with Crippen molar-refractivity contribution in [1.29, 1.82) is 0 Å². The second-order valence-electron chi connectivity index (χ2n) is 13.9. The van der Waals surface area contributed by atoms with E-state index in [2.05, 4.69) is 122 Å². The SMILES string of the molecule is CC1C(CN(C)C(C)c2ccc3ccccc3c2)OC(c2ccc(-c3cccc(CNC(=O)c4ccccc4)c3)cc2)OC1c1ccc(CO)cc1. The molecule has 0 aromatic heterocycles. The van der Waals surface area contributed by atoms with E-state index in [-0.39, 0.29) is 36.7 Å². The molecule has 1 heterocycles. The average Bonchev–Trinajstić information content (AvgIpc) is 3.20. The summed E-state index contributed by atoms with van der Waals surface area (Å²) in [5.74, 6) is -0.0145. The maximum atomic E-state index is 12.6. The van der Waals surface area contributed by atoms with E-state index < -0.39 is 6.29 Å². The number of amides is 1.